The fourth-order valence-electron chi connectivity index (χ4n) is 8.09. The Balaban J connectivity index is 0.000000307. The summed E-state index contributed by atoms with van der Waals surface area (Å²) in [6.07, 6.45) is 0.885. The maximum absolute atomic E-state index is 13.2. The molecule has 421 valence electrons. The van der Waals surface area contributed by atoms with Gasteiger partial charge in [-0.15, -0.1) is 0 Å². The predicted molar refractivity (Wildman–Crippen MR) is 303 cm³/mol. The number of rotatable bonds is 29. The smallest absolute Gasteiger partial charge is 0.337 e. The first-order valence-electron chi connectivity index (χ1n) is 25.3. The minimum atomic E-state index is -1.64. The van der Waals surface area contributed by atoms with Gasteiger partial charge in [0, 0.05) is 61.2 Å². The van der Waals surface area contributed by atoms with Crippen LogP contribution in [0.2, 0.25) is 16.4 Å². The second kappa shape index (κ2) is 31.5. The lowest BCUT2D eigenvalue weighted by Crippen LogP contribution is -2.41. The normalized spacial score (nSPS) is 12.7. The van der Waals surface area contributed by atoms with Crippen molar-refractivity contribution >= 4 is 66.4 Å². The molecule has 0 fully saturated rings. The summed E-state index contributed by atoms with van der Waals surface area (Å²) in [6.45, 7) is 10.6. The molecule has 0 aliphatic carbocycles. The van der Waals surface area contributed by atoms with Crippen molar-refractivity contribution in [3.63, 3.8) is 0 Å². The Kier molecular flexibility index (Phi) is 24.8. The van der Waals surface area contributed by atoms with Crippen LogP contribution >= 0.6 is 23.2 Å². The zero-order chi connectivity index (χ0) is 58.3. The summed E-state index contributed by atoms with van der Waals surface area (Å²) in [7, 11) is 4.59. The highest BCUT2D eigenvalue weighted by molar-refractivity contribution is 6.66. The van der Waals surface area contributed by atoms with Crippen LogP contribution in [-0.2, 0) is 55.6 Å². The van der Waals surface area contributed by atoms with E-state index in [-0.39, 0.29) is 56.1 Å². The molecule has 0 saturated heterocycles. The maximum atomic E-state index is 13.2. The van der Waals surface area contributed by atoms with Crippen LogP contribution in [0.4, 0.5) is 0 Å². The number of nitrogens with one attached hydrogen (secondary N) is 2. The average molecular weight is 1130 g/mol. The number of nitrogens with zero attached hydrogens (tertiary/aromatic N) is 4. The van der Waals surface area contributed by atoms with Gasteiger partial charge in [-0.2, -0.15) is 10.2 Å². The number of hydrogen-bond donors (Lipinski definition) is 5. The number of aromatic nitrogens is 4. The highest BCUT2D eigenvalue weighted by Gasteiger charge is 2.28. The molecule has 19 nitrogen and oxygen atoms in total. The predicted octanol–water partition coefficient (Wildman–Crippen LogP) is 7.51. The lowest BCUT2D eigenvalue weighted by atomic mass is 9.69. The van der Waals surface area contributed by atoms with Gasteiger partial charge in [0.25, 0.3) is 11.8 Å². The van der Waals surface area contributed by atoms with E-state index in [0.29, 0.717) is 34.4 Å². The van der Waals surface area contributed by atoms with Gasteiger partial charge in [0.15, 0.2) is 30.9 Å². The van der Waals surface area contributed by atoms with Crippen LogP contribution in [0.1, 0.15) is 58.8 Å². The maximum Gasteiger partial charge on any atom is 0.337 e. The standard InChI is InChI=1S/C33H38BClN3O8.C25H26ClN3O5/c1-5-13-44-30-17-28(37-38(30)4)31(41)36-26(14-22-9-11-23(12-10-22)24-7-6-8-25(35)15-24)16-29(40)33(43)46-20-45-32(42)27(21(2)3)18-34-19-39;1-3-11-34-23-15-21(28-29(23)2)24(31)27-20(14-22(30)25(32)33)12-16-7-9-17(10-8-16)18-5-4-6-19(26)13-18/h5-12,15,17,19,21,26-27,29,40H,1,13-14,16,18,20H2,2-4H3,(H,36,41);3-10,13,15,20,22,30H,1,11-12,14H2,2H3,(H,27,31)(H,32,33)/t26-,27+,29-;20-,22-/m11/s1. The number of carbonyl (C=O) groups is 6. The monoisotopic (exact) mass is 1130 g/mol. The molecule has 22 heteroatoms. The second-order valence-corrected chi connectivity index (χ2v) is 19.6. The summed E-state index contributed by atoms with van der Waals surface area (Å²) in [5.41, 5.74) is 5.71. The highest BCUT2D eigenvalue weighted by atomic mass is 35.5. The quantitative estimate of drug-likeness (QED) is 0.0100. The van der Waals surface area contributed by atoms with E-state index in [0.717, 1.165) is 33.4 Å². The minimum Gasteiger partial charge on any atom is -0.479 e. The third-order valence-corrected chi connectivity index (χ3v) is 12.7. The van der Waals surface area contributed by atoms with E-state index in [1.807, 2.05) is 84.9 Å². The number of hydrogen-bond acceptors (Lipinski definition) is 14. The van der Waals surface area contributed by atoms with Crippen LogP contribution < -0.4 is 20.1 Å². The zero-order valence-electron chi connectivity index (χ0n) is 44.7. The molecule has 0 unspecified atom stereocenters. The van der Waals surface area contributed by atoms with E-state index in [2.05, 4.69) is 34.0 Å². The van der Waals surface area contributed by atoms with Gasteiger partial charge in [-0.1, -0.05) is 141 Å². The Morgan fingerprint density at radius 1 is 0.650 bits per heavy atom. The van der Waals surface area contributed by atoms with Crippen molar-refractivity contribution in [1.82, 2.24) is 30.2 Å². The summed E-state index contributed by atoms with van der Waals surface area (Å²) in [5.74, 6) is -3.99. The summed E-state index contributed by atoms with van der Waals surface area (Å²) in [6, 6.07) is 31.8. The average Bonchev–Trinajstić information content (AvgIpc) is 4.00. The fraction of sp³-hybridized carbons (Fsp3) is 0.310. The molecule has 0 bridgehead atoms. The minimum absolute atomic E-state index is 0.0818. The van der Waals surface area contributed by atoms with E-state index in [1.165, 1.54) is 28.8 Å². The number of carbonyl (C=O) groups excluding carboxylic acids is 5. The van der Waals surface area contributed by atoms with Crippen molar-refractivity contribution in [3.05, 3.63) is 167 Å². The van der Waals surface area contributed by atoms with Gasteiger partial charge in [-0.05, 0) is 76.4 Å². The van der Waals surface area contributed by atoms with Gasteiger partial charge in [0.05, 0.1) is 12.1 Å². The van der Waals surface area contributed by atoms with Gasteiger partial charge in [0.1, 0.15) is 13.2 Å². The summed E-state index contributed by atoms with van der Waals surface area (Å²) >= 11 is 12.2. The third-order valence-electron chi connectivity index (χ3n) is 12.3. The molecule has 6 aromatic rings. The SMILES string of the molecule is C=CCOc1cc(C(=O)N[C@H](Cc2ccc(-c3cccc(Cl)c3)cc2)C[C@@H](O)C(=O)O)nn1C.C=CCOc1cc(C(=O)N[C@H](Cc2ccc(-c3cccc(Cl)c3)cc2)C[C@@H](O)C(=O)OCOC(=O)[C@@H](C[B]C=O)C(C)C)nn1C. The lowest BCUT2D eigenvalue weighted by Gasteiger charge is -2.21. The van der Waals surface area contributed by atoms with Crippen LogP contribution in [0.5, 0.6) is 11.8 Å². The molecule has 2 aromatic heterocycles. The Morgan fingerprint density at radius 3 is 1.49 bits per heavy atom. The van der Waals surface area contributed by atoms with E-state index >= 15 is 0 Å². The number of benzene rings is 4. The summed E-state index contributed by atoms with van der Waals surface area (Å²) in [5, 5.41) is 45.0. The van der Waals surface area contributed by atoms with Gasteiger partial charge in [-0.3, -0.25) is 14.4 Å². The number of carboxylic acids is 1. The van der Waals surface area contributed by atoms with Crippen molar-refractivity contribution in [3.8, 4) is 34.0 Å². The van der Waals surface area contributed by atoms with E-state index in [9.17, 15) is 39.0 Å². The van der Waals surface area contributed by atoms with Gasteiger partial charge < -0.3 is 49.7 Å². The molecule has 2 heterocycles. The Bertz CT molecular complexity index is 3060. The van der Waals surface area contributed by atoms with E-state index < -0.39 is 66.7 Å². The first-order chi connectivity index (χ1) is 38.3. The molecule has 2 amide bonds. The van der Waals surface area contributed by atoms with E-state index in [1.54, 1.807) is 52.2 Å². The number of aryl methyl sites for hydroxylation is 2. The Morgan fingerprint density at radius 2 is 1.09 bits per heavy atom. The largest absolute Gasteiger partial charge is 0.479 e. The molecule has 0 spiro atoms. The first kappa shape index (κ1) is 62.8. The molecular formula is C58H64BCl2N6O13. The molecule has 1 radical (unpaired) electrons. The first-order valence-corrected chi connectivity index (χ1v) is 26.1. The number of amides is 2. The second-order valence-electron chi connectivity index (χ2n) is 18.7. The molecule has 0 aliphatic rings. The van der Waals surface area contributed by atoms with E-state index in [4.69, 9.17) is 47.3 Å². The van der Waals surface area contributed by atoms with Crippen LogP contribution in [0.3, 0.4) is 0 Å². The zero-order valence-corrected chi connectivity index (χ0v) is 46.2. The Hall–Kier alpha value is -8.04. The van der Waals surface area contributed by atoms with Gasteiger partial charge in [0.2, 0.25) is 18.6 Å². The molecule has 0 saturated carbocycles. The van der Waals surface area contributed by atoms with Crippen molar-refractivity contribution in [2.75, 3.05) is 20.0 Å². The third kappa shape index (κ3) is 19.7. The molecular weight excluding hydrogens is 1070 g/mol. The van der Waals surface area contributed by atoms with Gasteiger partial charge >= 0.3 is 17.9 Å². The van der Waals surface area contributed by atoms with Crippen molar-refractivity contribution in [1.29, 1.82) is 0 Å². The number of aliphatic carboxylic acids is 1. The topological polar surface area (TPSA) is 260 Å². The van der Waals surface area contributed by atoms with Gasteiger partial charge in [-0.25, -0.2) is 19.0 Å². The van der Waals surface area contributed by atoms with Crippen molar-refractivity contribution in [2.24, 2.45) is 25.9 Å². The summed E-state index contributed by atoms with van der Waals surface area (Å²) in [4.78, 5) is 72.9. The number of halogens is 2. The number of carboxylic acid groups (broad SMARTS) is 1. The van der Waals surface area contributed by atoms with Crippen LogP contribution in [0.15, 0.2) is 135 Å². The molecule has 4 aromatic carbocycles. The van der Waals surface area contributed by atoms with Crippen molar-refractivity contribution < 1.29 is 63.0 Å². The number of aliphatic hydroxyl groups excluding tert-OH is 2. The van der Waals surface area contributed by atoms with Crippen LogP contribution in [0, 0.1) is 11.8 Å². The molecule has 5 N–H and O–H groups in total. The molecule has 6 rings (SSSR count). The highest BCUT2D eigenvalue weighted by Crippen LogP contribution is 2.26. The number of esters is 2. The molecule has 80 heavy (non-hydrogen) atoms. The number of ether oxygens (including phenoxy) is 4. The van der Waals surface area contributed by atoms with Crippen LogP contribution in [-0.4, -0.2) is 122 Å². The molecule has 5 atom stereocenters. The lowest BCUT2D eigenvalue weighted by molar-refractivity contribution is -0.176. The fourth-order valence-corrected chi connectivity index (χ4v) is 8.47. The molecule has 0 aliphatic heterocycles. The Labute approximate surface area is 474 Å². The number of aliphatic hydroxyl groups is 2. The van der Waals surface area contributed by atoms with Crippen molar-refractivity contribution in [2.45, 2.75) is 70.1 Å². The summed E-state index contributed by atoms with van der Waals surface area (Å²) < 4.78 is 23.9. The van der Waals surface area contributed by atoms with Crippen LogP contribution in [0.25, 0.3) is 22.3 Å².